The van der Waals surface area contributed by atoms with Crippen LogP contribution in [0.4, 0.5) is 11.4 Å². The van der Waals surface area contributed by atoms with Crippen molar-refractivity contribution in [1.29, 1.82) is 0 Å². The van der Waals surface area contributed by atoms with E-state index in [4.69, 9.17) is 4.42 Å². The Morgan fingerprint density at radius 1 is 0.750 bits per heavy atom. The number of benzene rings is 2. The molecule has 2 heteroatoms. The zero-order valence-corrected chi connectivity index (χ0v) is 15.5. The van der Waals surface area contributed by atoms with Crippen LogP contribution in [0.25, 0.3) is 11.0 Å². The van der Waals surface area contributed by atoms with Crippen molar-refractivity contribution in [1.82, 2.24) is 0 Å². The summed E-state index contributed by atoms with van der Waals surface area (Å²) in [6.45, 7) is 13.4. The second kappa shape index (κ2) is 5.70. The van der Waals surface area contributed by atoms with Crippen LogP contribution < -0.4 is 5.32 Å². The number of fused-ring (bicyclic) bond motifs is 1. The van der Waals surface area contributed by atoms with E-state index in [1.807, 2.05) is 0 Å². The van der Waals surface area contributed by atoms with Crippen molar-refractivity contribution in [3.8, 4) is 0 Å². The van der Waals surface area contributed by atoms with Gasteiger partial charge in [-0.2, -0.15) is 0 Å². The quantitative estimate of drug-likeness (QED) is 0.563. The smallest absolute Gasteiger partial charge is 0.136 e. The third kappa shape index (κ3) is 3.33. The van der Waals surface area contributed by atoms with E-state index in [-0.39, 0.29) is 10.8 Å². The Bertz CT molecular complexity index is 842. The Hall–Kier alpha value is -2.22. The highest BCUT2D eigenvalue weighted by Crippen LogP contribution is 2.33. The molecule has 24 heavy (non-hydrogen) atoms. The molecule has 3 rings (SSSR count). The molecule has 1 heterocycles. The summed E-state index contributed by atoms with van der Waals surface area (Å²) in [5, 5.41) is 4.62. The molecule has 0 aliphatic carbocycles. The molecule has 126 valence electrons. The molecule has 0 fully saturated rings. The Kier molecular flexibility index (Phi) is 3.95. The molecular weight excluding hydrogens is 294 g/mol. The van der Waals surface area contributed by atoms with Gasteiger partial charge in [-0.25, -0.2) is 0 Å². The van der Waals surface area contributed by atoms with Crippen LogP contribution in [0, 0.1) is 0 Å². The van der Waals surface area contributed by atoms with Gasteiger partial charge in [-0.15, -0.1) is 0 Å². The summed E-state index contributed by atoms with van der Waals surface area (Å²) in [5.74, 6) is 0. The number of nitrogens with one attached hydrogen (secondary N) is 1. The molecule has 0 unspecified atom stereocenters. The summed E-state index contributed by atoms with van der Waals surface area (Å²) in [4.78, 5) is 0. The highest BCUT2D eigenvalue weighted by molar-refractivity contribution is 5.93. The monoisotopic (exact) mass is 321 g/mol. The minimum Gasteiger partial charge on any atom is -0.462 e. The Labute approximate surface area is 144 Å². The lowest BCUT2D eigenvalue weighted by Crippen LogP contribution is -2.10. The van der Waals surface area contributed by atoms with Crippen molar-refractivity contribution in [3.05, 3.63) is 59.9 Å². The van der Waals surface area contributed by atoms with Gasteiger partial charge in [-0.1, -0.05) is 59.7 Å². The second-order valence-electron chi connectivity index (χ2n) is 8.56. The van der Waals surface area contributed by atoms with E-state index >= 15 is 0 Å². The largest absolute Gasteiger partial charge is 0.462 e. The predicted octanol–water partition coefficient (Wildman–Crippen LogP) is 6.77. The van der Waals surface area contributed by atoms with E-state index in [0.717, 1.165) is 22.3 Å². The van der Waals surface area contributed by atoms with Crippen LogP contribution in [0.5, 0.6) is 0 Å². The van der Waals surface area contributed by atoms with E-state index in [0.29, 0.717) is 0 Å². The maximum atomic E-state index is 5.70. The second-order valence-corrected chi connectivity index (χ2v) is 8.56. The maximum absolute atomic E-state index is 5.70. The Balaban J connectivity index is 1.92. The number of rotatable bonds is 2. The van der Waals surface area contributed by atoms with Gasteiger partial charge < -0.3 is 9.73 Å². The molecule has 3 aromatic rings. The average molecular weight is 321 g/mol. The normalized spacial score (nSPS) is 12.6. The first-order chi connectivity index (χ1) is 11.1. The van der Waals surface area contributed by atoms with Crippen LogP contribution >= 0.6 is 0 Å². The Morgan fingerprint density at radius 3 is 1.92 bits per heavy atom. The molecule has 0 spiro atoms. The third-order valence-corrected chi connectivity index (χ3v) is 4.47. The van der Waals surface area contributed by atoms with Crippen LogP contribution in [0.1, 0.15) is 52.7 Å². The highest BCUT2D eigenvalue weighted by Gasteiger charge is 2.16. The van der Waals surface area contributed by atoms with Gasteiger partial charge in [0.2, 0.25) is 0 Å². The van der Waals surface area contributed by atoms with Crippen molar-refractivity contribution >= 4 is 22.3 Å². The minimum atomic E-state index is 0.122. The lowest BCUT2D eigenvalue weighted by Gasteiger charge is -2.19. The van der Waals surface area contributed by atoms with Gasteiger partial charge in [0.1, 0.15) is 11.8 Å². The molecule has 0 radical (unpaired) electrons. The lowest BCUT2D eigenvalue weighted by atomic mass is 9.86. The molecular formula is C22H27NO. The molecule has 2 nitrogen and oxygen atoms in total. The zero-order valence-electron chi connectivity index (χ0n) is 15.5. The first kappa shape index (κ1) is 16.6. The molecule has 0 bridgehead atoms. The topological polar surface area (TPSA) is 25.2 Å². The van der Waals surface area contributed by atoms with Gasteiger partial charge in [0.15, 0.2) is 0 Å². The van der Waals surface area contributed by atoms with E-state index in [2.05, 4.69) is 89.3 Å². The van der Waals surface area contributed by atoms with Gasteiger partial charge in [0, 0.05) is 11.1 Å². The minimum absolute atomic E-state index is 0.122. The first-order valence-electron chi connectivity index (χ1n) is 8.54. The van der Waals surface area contributed by atoms with Gasteiger partial charge in [-0.05, 0) is 46.2 Å². The van der Waals surface area contributed by atoms with Gasteiger partial charge >= 0.3 is 0 Å². The molecule has 2 aromatic carbocycles. The van der Waals surface area contributed by atoms with Crippen molar-refractivity contribution in [2.75, 3.05) is 5.32 Å². The summed E-state index contributed by atoms with van der Waals surface area (Å²) < 4.78 is 5.70. The lowest BCUT2D eigenvalue weighted by molar-refractivity contribution is 0.589. The molecule has 0 aliphatic heterocycles. The van der Waals surface area contributed by atoms with Crippen LogP contribution in [0.3, 0.4) is 0 Å². The van der Waals surface area contributed by atoms with Crippen molar-refractivity contribution in [2.24, 2.45) is 0 Å². The summed E-state index contributed by atoms with van der Waals surface area (Å²) >= 11 is 0. The van der Waals surface area contributed by atoms with E-state index < -0.39 is 0 Å². The molecule has 1 N–H and O–H groups in total. The van der Waals surface area contributed by atoms with Gasteiger partial charge in [-0.3, -0.25) is 0 Å². The molecule has 0 saturated heterocycles. The first-order valence-corrected chi connectivity index (χ1v) is 8.54. The highest BCUT2D eigenvalue weighted by atomic mass is 16.3. The molecule has 0 saturated carbocycles. The summed E-state index contributed by atoms with van der Waals surface area (Å²) in [7, 11) is 0. The van der Waals surface area contributed by atoms with Gasteiger partial charge in [0.25, 0.3) is 0 Å². The van der Waals surface area contributed by atoms with E-state index in [1.165, 1.54) is 11.1 Å². The Morgan fingerprint density at radius 2 is 1.33 bits per heavy atom. The maximum Gasteiger partial charge on any atom is 0.136 e. The van der Waals surface area contributed by atoms with Crippen LogP contribution in [0.15, 0.2) is 53.1 Å². The van der Waals surface area contributed by atoms with Crippen molar-refractivity contribution in [3.63, 3.8) is 0 Å². The summed E-state index contributed by atoms with van der Waals surface area (Å²) in [6, 6.07) is 15.1. The molecule has 0 atom stereocenters. The zero-order chi connectivity index (χ0) is 17.5. The van der Waals surface area contributed by atoms with Crippen LogP contribution in [-0.2, 0) is 10.8 Å². The molecule has 0 amide bonds. The predicted molar refractivity (Wildman–Crippen MR) is 103 cm³/mol. The fourth-order valence-electron chi connectivity index (χ4n) is 2.80. The molecule has 0 aliphatic rings. The summed E-state index contributed by atoms with van der Waals surface area (Å²) in [5.41, 5.74) is 5.94. The number of anilines is 2. The fourth-order valence-corrected chi connectivity index (χ4v) is 2.80. The SMILES string of the molecule is CC(C)(C)c1ccc(Nc2coc3ccc(C(C)(C)C)cc23)cc1. The van der Waals surface area contributed by atoms with Crippen LogP contribution in [-0.4, -0.2) is 0 Å². The van der Waals surface area contributed by atoms with Crippen LogP contribution in [0.2, 0.25) is 0 Å². The number of hydrogen-bond donors (Lipinski definition) is 1. The van der Waals surface area contributed by atoms with Crippen molar-refractivity contribution < 1.29 is 4.42 Å². The van der Waals surface area contributed by atoms with Crippen molar-refractivity contribution in [2.45, 2.75) is 52.4 Å². The third-order valence-electron chi connectivity index (χ3n) is 4.47. The number of furan rings is 1. The summed E-state index contributed by atoms with van der Waals surface area (Å²) in [6.07, 6.45) is 1.80. The standard InChI is InChI=1S/C22H27NO/c1-21(2,3)15-7-10-17(11-8-15)23-19-14-24-20-12-9-16(13-18(19)20)22(4,5)6/h7-14,23H,1-6H3. The van der Waals surface area contributed by atoms with E-state index in [1.54, 1.807) is 6.26 Å². The van der Waals surface area contributed by atoms with E-state index in [9.17, 15) is 0 Å². The van der Waals surface area contributed by atoms with Gasteiger partial charge in [0.05, 0.1) is 5.69 Å². The average Bonchev–Trinajstić information content (AvgIpc) is 2.88. The number of hydrogen-bond acceptors (Lipinski definition) is 2. The fraction of sp³-hybridized carbons (Fsp3) is 0.364. The molecule has 1 aromatic heterocycles.